The highest BCUT2D eigenvalue weighted by Gasteiger charge is 2.19. The van der Waals surface area contributed by atoms with E-state index in [9.17, 15) is 0 Å². The maximum absolute atomic E-state index is 5.66. The maximum atomic E-state index is 5.66. The van der Waals surface area contributed by atoms with Gasteiger partial charge in [0.1, 0.15) is 6.61 Å². The molecule has 0 radical (unpaired) electrons. The van der Waals surface area contributed by atoms with Crippen molar-refractivity contribution in [2.75, 3.05) is 26.8 Å². The minimum absolute atomic E-state index is 0.686. The van der Waals surface area contributed by atoms with Crippen LogP contribution in [0, 0.1) is 5.92 Å². The van der Waals surface area contributed by atoms with Gasteiger partial charge >= 0.3 is 0 Å². The lowest BCUT2D eigenvalue weighted by molar-refractivity contribution is 0.292. The fourth-order valence-corrected chi connectivity index (χ4v) is 1.81. The van der Waals surface area contributed by atoms with Crippen molar-refractivity contribution in [3.8, 4) is 11.5 Å². The van der Waals surface area contributed by atoms with Crippen molar-refractivity contribution in [2.24, 2.45) is 5.92 Å². The van der Waals surface area contributed by atoms with E-state index in [0.717, 1.165) is 30.5 Å². The predicted molar refractivity (Wildman–Crippen MR) is 68.7 cm³/mol. The van der Waals surface area contributed by atoms with Crippen LogP contribution in [-0.4, -0.2) is 26.8 Å². The molecule has 0 aliphatic heterocycles. The second-order valence-electron chi connectivity index (χ2n) is 4.48. The first-order chi connectivity index (χ1) is 8.40. The number of ether oxygens (including phenoxy) is 2. The quantitative estimate of drug-likeness (QED) is 0.702. The fraction of sp³-hybridized carbons (Fsp3) is 0.571. The molecule has 0 heterocycles. The summed E-state index contributed by atoms with van der Waals surface area (Å²) in [5.41, 5.74) is 0. The molecule has 1 N–H and O–H groups in total. The molecule has 94 valence electrons. The van der Waals surface area contributed by atoms with E-state index in [4.69, 9.17) is 9.47 Å². The standard InChI is InChI=1S/C14H21NO2/c1-16-13-4-2-3-5-14(13)17-11-10-15-9-8-12-6-7-12/h2-5,12,15H,6-11H2,1H3. The van der Waals surface area contributed by atoms with Gasteiger partial charge in [0.25, 0.3) is 0 Å². The summed E-state index contributed by atoms with van der Waals surface area (Å²) in [6, 6.07) is 7.75. The molecule has 2 rings (SSSR count). The van der Waals surface area contributed by atoms with Crippen LogP contribution < -0.4 is 14.8 Å². The molecule has 0 saturated heterocycles. The van der Waals surface area contributed by atoms with E-state index in [1.807, 2.05) is 24.3 Å². The number of rotatable bonds is 8. The highest BCUT2D eigenvalue weighted by molar-refractivity contribution is 5.39. The van der Waals surface area contributed by atoms with Crippen molar-refractivity contribution in [3.63, 3.8) is 0 Å². The van der Waals surface area contributed by atoms with Crippen LogP contribution in [0.4, 0.5) is 0 Å². The van der Waals surface area contributed by atoms with Crippen LogP contribution in [0.25, 0.3) is 0 Å². The molecule has 1 saturated carbocycles. The van der Waals surface area contributed by atoms with Gasteiger partial charge in [0.05, 0.1) is 7.11 Å². The van der Waals surface area contributed by atoms with Crippen LogP contribution in [-0.2, 0) is 0 Å². The Morgan fingerprint density at radius 1 is 1.18 bits per heavy atom. The van der Waals surface area contributed by atoms with Gasteiger partial charge in [-0.15, -0.1) is 0 Å². The van der Waals surface area contributed by atoms with E-state index < -0.39 is 0 Å². The molecule has 0 spiro atoms. The lowest BCUT2D eigenvalue weighted by Crippen LogP contribution is -2.22. The molecule has 3 heteroatoms. The molecule has 0 bridgehead atoms. The van der Waals surface area contributed by atoms with Gasteiger partial charge in [-0.3, -0.25) is 0 Å². The summed E-state index contributed by atoms with van der Waals surface area (Å²) in [6.07, 6.45) is 4.17. The largest absolute Gasteiger partial charge is 0.493 e. The SMILES string of the molecule is COc1ccccc1OCCNCCC1CC1. The predicted octanol–water partition coefficient (Wildman–Crippen LogP) is 2.46. The van der Waals surface area contributed by atoms with E-state index in [2.05, 4.69) is 5.32 Å². The topological polar surface area (TPSA) is 30.5 Å². The normalized spacial score (nSPS) is 14.6. The fourth-order valence-electron chi connectivity index (χ4n) is 1.81. The third-order valence-electron chi connectivity index (χ3n) is 3.03. The first kappa shape index (κ1) is 12.2. The molecule has 0 amide bonds. The van der Waals surface area contributed by atoms with Crippen LogP contribution in [0.3, 0.4) is 0 Å². The molecular weight excluding hydrogens is 214 g/mol. The third kappa shape index (κ3) is 4.27. The number of benzene rings is 1. The Kier molecular flexibility index (Phi) is 4.68. The van der Waals surface area contributed by atoms with Crippen LogP contribution in [0.2, 0.25) is 0 Å². The summed E-state index contributed by atoms with van der Waals surface area (Å²) in [7, 11) is 1.66. The van der Waals surface area contributed by atoms with Crippen LogP contribution in [0.15, 0.2) is 24.3 Å². The van der Waals surface area contributed by atoms with Gasteiger partial charge in [-0.05, 0) is 31.0 Å². The van der Waals surface area contributed by atoms with E-state index in [1.54, 1.807) is 7.11 Å². The smallest absolute Gasteiger partial charge is 0.161 e. The second-order valence-corrected chi connectivity index (χ2v) is 4.48. The molecule has 0 aromatic heterocycles. The molecule has 1 fully saturated rings. The monoisotopic (exact) mass is 235 g/mol. The molecule has 0 atom stereocenters. The Bertz CT molecular complexity index is 337. The van der Waals surface area contributed by atoms with E-state index in [-0.39, 0.29) is 0 Å². The summed E-state index contributed by atoms with van der Waals surface area (Å²) in [6.45, 7) is 2.69. The van der Waals surface area contributed by atoms with Crippen molar-refractivity contribution in [1.29, 1.82) is 0 Å². The van der Waals surface area contributed by atoms with Gasteiger partial charge in [0, 0.05) is 6.54 Å². The summed E-state index contributed by atoms with van der Waals surface area (Å²) >= 11 is 0. The highest BCUT2D eigenvalue weighted by atomic mass is 16.5. The average Bonchev–Trinajstić information content (AvgIpc) is 3.18. The van der Waals surface area contributed by atoms with Crippen molar-refractivity contribution in [1.82, 2.24) is 5.32 Å². The van der Waals surface area contributed by atoms with E-state index in [1.165, 1.54) is 19.3 Å². The van der Waals surface area contributed by atoms with Crippen molar-refractivity contribution in [2.45, 2.75) is 19.3 Å². The molecule has 1 aliphatic rings. The van der Waals surface area contributed by atoms with E-state index in [0.29, 0.717) is 6.61 Å². The molecular formula is C14H21NO2. The molecule has 1 aromatic rings. The molecule has 3 nitrogen and oxygen atoms in total. The van der Waals surface area contributed by atoms with Gasteiger partial charge in [0.2, 0.25) is 0 Å². The van der Waals surface area contributed by atoms with Crippen molar-refractivity contribution >= 4 is 0 Å². The maximum Gasteiger partial charge on any atom is 0.161 e. The number of hydrogen-bond donors (Lipinski definition) is 1. The second kappa shape index (κ2) is 6.50. The van der Waals surface area contributed by atoms with Crippen molar-refractivity contribution in [3.05, 3.63) is 24.3 Å². The Balaban J connectivity index is 1.59. The minimum Gasteiger partial charge on any atom is -0.493 e. The minimum atomic E-state index is 0.686. The van der Waals surface area contributed by atoms with Crippen LogP contribution in [0.1, 0.15) is 19.3 Å². The first-order valence-corrected chi connectivity index (χ1v) is 6.36. The van der Waals surface area contributed by atoms with Gasteiger partial charge < -0.3 is 14.8 Å². The lowest BCUT2D eigenvalue weighted by atomic mass is 10.3. The third-order valence-corrected chi connectivity index (χ3v) is 3.03. The summed E-state index contributed by atoms with van der Waals surface area (Å²) in [5.74, 6) is 2.61. The van der Waals surface area contributed by atoms with Crippen molar-refractivity contribution < 1.29 is 9.47 Å². The molecule has 17 heavy (non-hydrogen) atoms. The zero-order valence-electron chi connectivity index (χ0n) is 10.4. The Labute approximate surface area is 103 Å². The van der Waals surface area contributed by atoms with Crippen LogP contribution >= 0.6 is 0 Å². The highest BCUT2D eigenvalue weighted by Crippen LogP contribution is 2.31. The first-order valence-electron chi connectivity index (χ1n) is 6.36. The van der Waals surface area contributed by atoms with E-state index >= 15 is 0 Å². The number of para-hydroxylation sites is 2. The Hall–Kier alpha value is -1.22. The lowest BCUT2D eigenvalue weighted by Gasteiger charge is -2.10. The summed E-state index contributed by atoms with van der Waals surface area (Å²) < 4.78 is 10.9. The van der Waals surface area contributed by atoms with Gasteiger partial charge in [-0.1, -0.05) is 25.0 Å². The van der Waals surface area contributed by atoms with Gasteiger partial charge in [-0.25, -0.2) is 0 Å². The number of methoxy groups -OCH3 is 1. The Morgan fingerprint density at radius 2 is 1.94 bits per heavy atom. The Morgan fingerprint density at radius 3 is 2.65 bits per heavy atom. The van der Waals surface area contributed by atoms with Gasteiger partial charge in [-0.2, -0.15) is 0 Å². The number of nitrogens with one attached hydrogen (secondary N) is 1. The molecule has 1 aromatic carbocycles. The zero-order valence-corrected chi connectivity index (χ0v) is 10.4. The van der Waals surface area contributed by atoms with Crippen LogP contribution in [0.5, 0.6) is 11.5 Å². The average molecular weight is 235 g/mol. The molecule has 1 aliphatic carbocycles. The van der Waals surface area contributed by atoms with Gasteiger partial charge in [0.15, 0.2) is 11.5 Å². The number of hydrogen-bond acceptors (Lipinski definition) is 3. The zero-order chi connectivity index (χ0) is 11.9. The summed E-state index contributed by atoms with van der Waals surface area (Å²) in [5, 5.41) is 3.40. The summed E-state index contributed by atoms with van der Waals surface area (Å²) in [4.78, 5) is 0. The molecule has 0 unspecified atom stereocenters.